The van der Waals surface area contributed by atoms with Gasteiger partial charge >= 0.3 is 0 Å². The van der Waals surface area contributed by atoms with Crippen LogP contribution in [0.3, 0.4) is 0 Å². The Balaban J connectivity index is 1.94. The topological polar surface area (TPSA) is 36.4 Å². The Hall–Kier alpha value is -1.39. The second-order valence-corrected chi connectivity index (χ2v) is 7.27. The number of aromatic nitrogens is 1. The van der Waals surface area contributed by atoms with Gasteiger partial charge in [-0.25, -0.2) is 4.98 Å². The number of hydrogen-bond donors (Lipinski definition) is 1. The number of rotatable bonds is 2. The first kappa shape index (κ1) is 13.6. The Morgan fingerprint density at radius 1 is 1.30 bits per heavy atom. The van der Waals surface area contributed by atoms with Crippen LogP contribution >= 0.6 is 11.3 Å². The van der Waals surface area contributed by atoms with Crippen molar-refractivity contribution in [3.05, 3.63) is 40.9 Å². The van der Waals surface area contributed by atoms with Crippen molar-refractivity contribution in [2.24, 2.45) is 5.41 Å². The maximum absolute atomic E-state index is 10.3. The highest BCUT2D eigenvalue weighted by atomic mass is 32.1. The Labute approximate surface area is 123 Å². The van der Waals surface area contributed by atoms with Crippen molar-refractivity contribution in [1.82, 2.24) is 4.98 Å². The van der Waals surface area contributed by atoms with Crippen LogP contribution < -0.4 is 4.90 Å². The van der Waals surface area contributed by atoms with Crippen LogP contribution in [0.25, 0.3) is 0 Å². The summed E-state index contributed by atoms with van der Waals surface area (Å²) in [6.07, 6.45) is 1.39. The highest BCUT2D eigenvalue weighted by molar-refractivity contribution is 7.15. The molecule has 1 unspecified atom stereocenters. The molecule has 0 spiro atoms. The van der Waals surface area contributed by atoms with E-state index >= 15 is 0 Å². The van der Waals surface area contributed by atoms with Crippen LogP contribution in [0, 0.1) is 5.41 Å². The second kappa shape index (κ2) is 4.86. The van der Waals surface area contributed by atoms with E-state index in [4.69, 9.17) is 4.98 Å². The van der Waals surface area contributed by atoms with Crippen LogP contribution in [0.4, 0.5) is 10.8 Å². The second-order valence-electron chi connectivity index (χ2n) is 6.26. The SMILES string of the molecule is CN(c1ccccc1)c1nc2c(s1)C(O)CC(C)(C)C2. The zero-order chi connectivity index (χ0) is 14.3. The minimum Gasteiger partial charge on any atom is -0.387 e. The lowest BCUT2D eigenvalue weighted by molar-refractivity contribution is 0.102. The Morgan fingerprint density at radius 3 is 2.70 bits per heavy atom. The predicted octanol–water partition coefficient (Wildman–Crippen LogP) is 3.92. The smallest absolute Gasteiger partial charge is 0.190 e. The molecule has 1 aromatic carbocycles. The molecule has 1 atom stereocenters. The summed E-state index contributed by atoms with van der Waals surface area (Å²) >= 11 is 1.61. The van der Waals surface area contributed by atoms with Gasteiger partial charge in [0.2, 0.25) is 0 Å². The van der Waals surface area contributed by atoms with E-state index in [0.29, 0.717) is 0 Å². The summed E-state index contributed by atoms with van der Waals surface area (Å²) in [5, 5.41) is 11.3. The van der Waals surface area contributed by atoms with Gasteiger partial charge in [-0.15, -0.1) is 0 Å². The average Bonchev–Trinajstić information content (AvgIpc) is 2.81. The van der Waals surface area contributed by atoms with Crippen molar-refractivity contribution in [2.75, 3.05) is 11.9 Å². The fourth-order valence-corrected chi connectivity index (χ4v) is 3.83. The molecule has 0 amide bonds. The van der Waals surface area contributed by atoms with Crippen LogP contribution in [-0.4, -0.2) is 17.1 Å². The van der Waals surface area contributed by atoms with Crippen LogP contribution in [-0.2, 0) is 6.42 Å². The van der Waals surface area contributed by atoms with Gasteiger partial charge in [-0.1, -0.05) is 43.4 Å². The van der Waals surface area contributed by atoms with Gasteiger partial charge in [0, 0.05) is 12.7 Å². The van der Waals surface area contributed by atoms with E-state index in [1.807, 2.05) is 25.2 Å². The van der Waals surface area contributed by atoms with Crippen molar-refractivity contribution >= 4 is 22.2 Å². The third-order valence-corrected chi connectivity index (χ3v) is 5.12. The van der Waals surface area contributed by atoms with E-state index in [1.165, 1.54) is 0 Å². The van der Waals surface area contributed by atoms with E-state index in [2.05, 4.69) is 30.9 Å². The summed E-state index contributed by atoms with van der Waals surface area (Å²) in [4.78, 5) is 7.89. The van der Waals surface area contributed by atoms with Crippen LogP contribution in [0.1, 0.15) is 36.9 Å². The first-order chi connectivity index (χ1) is 9.46. The van der Waals surface area contributed by atoms with Gasteiger partial charge in [0.25, 0.3) is 0 Å². The molecule has 20 heavy (non-hydrogen) atoms. The number of nitrogens with zero attached hydrogens (tertiary/aromatic N) is 2. The molecule has 2 aromatic rings. The zero-order valence-corrected chi connectivity index (χ0v) is 12.9. The highest BCUT2D eigenvalue weighted by Crippen LogP contribution is 2.45. The quantitative estimate of drug-likeness (QED) is 0.910. The Bertz CT molecular complexity index is 606. The number of aliphatic hydroxyl groups excluding tert-OH is 1. The van der Waals surface area contributed by atoms with E-state index < -0.39 is 0 Å². The van der Waals surface area contributed by atoms with Gasteiger partial charge < -0.3 is 10.0 Å². The van der Waals surface area contributed by atoms with Gasteiger partial charge in [0.05, 0.1) is 16.7 Å². The molecule has 0 fully saturated rings. The summed E-state index contributed by atoms with van der Waals surface area (Å²) in [5.41, 5.74) is 2.31. The molecule has 0 aliphatic heterocycles. The minimum atomic E-state index is -0.371. The standard InChI is InChI=1S/C16H20N2OS/c1-16(2)9-12-14(13(19)10-16)20-15(17-12)18(3)11-7-5-4-6-8-11/h4-8,13,19H,9-10H2,1-3H3. The Kier molecular flexibility index (Phi) is 3.30. The maximum atomic E-state index is 10.3. The number of anilines is 2. The molecule has 3 nitrogen and oxygen atoms in total. The summed E-state index contributed by atoms with van der Waals surface area (Å²) in [6, 6.07) is 10.2. The molecule has 0 saturated carbocycles. The number of para-hydroxylation sites is 1. The van der Waals surface area contributed by atoms with Crippen molar-refractivity contribution in [3.63, 3.8) is 0 Å². The fourth-order valence-electron chi connectivity index (χ4n) is 2.78. The fraction of sp³-hybridized carbons (Fsp3) is 0.438. The highest BCUT2D eigenvalue weighted by Gasteiger charge is 2.34. The molecule has 0 radical (unpaired) electrons. The van der Waals surface area contributed by atoms with Gasteiger partial charge in [-0.05, 0) is 30.4 Å². The van der Waals surface area contributed by atoms with E-state index in [-0.39, 0.29) is 11.5 Å². The Morgan fingerprint density at radius 2 is 2.00 bits per heavy atom. The van der Waals surface area contributed by atoms with Crippen LogP contribution in [0.5, 0.6) is 0 Å². The molecule has 4 heteroatoms. The summed E-state index contributed by atoms with van der Waals surface area (Å²) in [7, 11) is 2.02. The predicted molar refractivity (Wildman–Crippen MR) is 83.7 cm³/mol. The summed E-state index contributed by atoms with van der Waals surface area (Å²) < 4.78 is 0. The third-order valence-electron chi connectivity index (χ3n) is 3.84. The lowest BCUT2D eigenvalue weighted by Gasteiger charge is -2.31. The molecule has 1 heterocycles. The van der Waals surface area contributed by atoms with Crippen molar-refractivity contribution in [1.29, 1.82) is 0 Å². The number of fused-ring (bicyclic) bond motifs is 1. The van der Waals surface area contributed by atoms with Crippen LogP contribution in [0.15, 0.2) is 30.3 Å². The number of hydrogen-bond acceptors (Lipinski definition) is 4. The van der Waals surface area contributed by atoms with Gasteiger partial charge in [0.15, 0.2) is 5.13 Å². The first-order valence-corrected chi connectivity index (χ1v) is 7.74. The van der Waals surface area contributed by atoms with E-state index in [0.717, 1.165) is 34.2 Å². The lowest BCUT2D eigenvalue weighted by Crippen LogP contribution is -2.24. The molecular formula is C16H20N2OS. The van der Waals surface area contributed by atoms with E-state index in [9.17, 15) is 5.11 Å². The van der Waals surface area contributed by atoms with Crippen molar-refractivity contribution < 1.29 is 5.11 Å². The summed E-state index contributed by atoms with van der Waals surface area (Å²) in [5.74, 6) is 0. The first-order valence-electron chi connectivity index (χ1n) is 6.93. The molecule has 3 rings (SSSR count). The monoisotopic (exact) mass is 288 g/mol. The molecule has 1 aromatic heterocycles. The van der Waals surface area contributed by atoms with Gasteiger partial charge in [0.1, 0.15) is 0 Å². The largest absolute Gasteiger partial charge is 0.387 e. The maximum Gasteiger partial charge on any atom is 0.190 e. The summed E-state index contributed by atoms with van der Waals surface area (Å²) in [6.45, 7) is 4.39. The molecular weight excluding hydrogens is 268 g/mol. The molecule has 0 bridgehead atoms. The molecule has 1 N–H and O–H groups in total. The van der Waals surface area contributed by atoms with Gasteiger partial charge in [-0.2, -0.15) is 0 Å². The number of aliphatic hydroxyl groups is 1. The average molecular weight is 288 g/mol. The van der Waals surface area contributed by atoms with Crippen molar-refractivity contribution in [3.8, 4) is 0 Å². The molecule has 1 aliphatic carbocycles. The normalized spacial score (nSPS) is 20.5. The van der Waals surface area contributed by atoms with Gasteiger partial charge in [-0.3, -0.25) is 0 Å². The van der Waals surface area contributed by atoms with Crippen LogP contribution in [0.2, 0.25) is 0 Å². The molecule has 0 saturated heterocycles. The van der Waals surface area contributed by atoms with Crippen molar-refractivity contribution in [2.45, 2.75) is 32.8 Å². The molecule has 1 aliphatic rings. The number of thiazole rings is 1. The minimum absolute atomic E-state index is 0.128. The third kappa shape index (κ3) is 2.45. The number of benzene rings is 1. The van der Waals surface area contributed by atoms with E-state index in [1.54, 1.807) is 11.3 Å². The zero-order valence-electron chi connectivity index (χ0n) is 12.1. The molecule has 106 valence electrons. The lowest BCUT2D eigenvalue weighted by atomic mass is 9.77.